The van der Waals surface area contributed by atoms with Gasteiger partial charge in [0.05, 0.1) is 5.69 Å². The van der Waals surface area contributed by atoms with Crippen molar-refractivity contribution in [2.45, 2.75) is 39.7 Å². The van der Waals surface area contributed by atoms with E-state index in [1.165, 1.54) is 16.8 Å². The Hall–Kier alpha value is -3.55. The van der Waals surface area contributed by atoms with E-state index in [1.54, 1.807) is 4.90 Å². The molecule has 0 radical (unpaired) electrons. The van der Waals surface area contributed by atoms with Gasteiger partial charge in [0, 0.05) is 77.1 Å². The molecule has 0 bridgehead atoms. The number of carbonyl (C=O) groups excluding carboxylic acids is 2. The third-order valence-corrected chi connectivity index (χ3v) is 7.40. The van der Waals surface area contributed by atoms with Crippen LogP contribution in [-0.4, -0.2) is 63.8 Å². The first-order valence-electron chi connectivity index (χ1n) is 12.5. The average molecular weight is 475 g/mol. The summed E-state index contributed by atoms with van der Waals surface area (Å²) in [6, 6.07) is 12.4. The first-order chi connectivity index (χ1) is 16.9. The Morgan fingerprint density at radius 2 is 1.69 bits per heavy atom. The zero-order chi connectivity index (χ0) is 24.5. The van der Waals surface area contributed by atoms with Crippen LogP contribution in [0.2, 0.25) is 0 Å². The zero-order valence-electron chi connectivity index (χ0n) is 20.9. The van der Waals surface area contributed by atoms with Gasteiger partial charge in [-0.25, -0.2) is 4.68 Å². The molecule has 4 heterocycles. The van der Waals surface area contributed by atoms with Crippen LogP contribution in [0.5, 0.6) is 0 Å². The van der Waals surface area contributed by atoms with Crippen molar-refractivity contribution in [3.05, 3.63) is 53.7 Å². The molecule has 1 aromatic carbocycles. The maximum Gasteiger partial charge on any atom is 0.228 e. The number of carbonyl (C=O) groups is 2. The zero-order valence-corrected chi connectivity index (χ0v) is 20.9. The highest BCUT2D eigenvalue weighted by molar-refractivity contribution is 5.95. The number of nitrogens with zero attached hydrogens (tertiary/aromatic N) is 6. The Morgan fingerprint density at radius 3 is 2.43 bits per heavy atom. The summed E-state index contributed by atoms with van der Waals surface area (Å²) in [6.45, 7) is 8.77. The van der Waals surface area contributed by atoms with Gasteiger partial charge in [-0.05, 0) is 49.6 Å². The molecule has 0 atom stereocenters. The lowest BCUT2D eigenvalue weighted by Gasteiger charge is -2.37. The predicted octanol–water partition coefficient (Wildman–Crippen LogP) is 3.37. The molecular weight excluding hydrogens is 440 g/mol. The molecule has 1 fully saturated rings. The van der Waals surface area contributed by atoms with Crippen LogP contribution < -0.4 is 9.80 Å². The van der Waals surface area contributed by atoms with E-state index in [-0.39, 0.29) is 24.7 Å². The molecule has 2 aromatic heterocycles. The van der Waals surface area contributed by atoms with E-state index >= 15 is 0 Å². The Morgan fingerprint density at radius 1 is 0.914 bits per heavy atom. The summed E-state index contributed by atoms with van der Waals surface area (Å²) in [5, 5.41) is 4.72. The van der Waals surface area contributed by atoms with E-state index in [0.29, 0.717) is 19.6 Å². The summed E-state index contributed by atoms with van der Waals surface area (Å²) in [5.74, 6) is 0.882. The number of aromatic nitrogens is 3. The summed E-state index contributed by atoms with van der Waals surface area (Å²) in [5.41, 5.74) is 5.73. The maximum atomic E-state index is 13.1. The smallest absolute Gasteiger partial charge is 0.228 e. The van der Waals surface area contributed by atoms with Crippen molar-refractivity contribution in [2.75, 3.05) is 42.5 Å². The number of benzene rings is 1. The van der Waals surface area contributed by atoms with Gasteiger partial charge in [0.25, 0.3) is 0 Å². The van der Waals surface area contributed by atoms with Crippen LogP contribution in [0.25, 0.3) is 11.4 Å². The van der Waals surface area contributed by atoms with Gasteiger partial charge in [0.2, 0.25) is 11.8 Å². The van der Waals surface area contributed by atoms with Crippen LogP contribution in [0.4, 0.5) is 11.5 Å². The minimum Gasteiger partial charge on any atom is -0.368 e. The standard InChI is InChI=1S/C27H34N6O2/c1-20-7-4-8-23(21(20)2)30-15-17-31(18-16-30)26(34)10-11-27(35)32-13-6-14-33-25(32)19-22(28-33)24-9-5-12-29(24)3/h4-5,7-9,12,19H,6,10-11,13-18H2,1-3H3. The average Bonchev–Trinajstić information content (AvgIpc) is 3.49. The highest BCUT2D eigenvalue weighted by Crippen LogP contribution is 2.28. The number of amides is 2. The number of hydrogen-bond acceptors (Lipinski definition) is 4. The molecule has 35 heavy (non-hydrogen) atoms. The van der Waals surface area contributed by atoms with Gasteiger partial charge in [-0.3, -0.25) is 14.5 Å². The molecule has 0 saturated carbocycles. The largest absolute Gasteiger partial charge is 0.368 e. The van der Waals surface area contributed by atoms with Crippen LogP contribution in [0, 0.1) is 13.8 Å². The summed E-state index contributed by atoms with van der Waals surface area (Å²) >= 11 is 0. The highest BCUT2D eigenvalue weighted by atomic mass is 16.2. The Labute approximate surface area is 206 Å². The fourth-order valence-corrected chi connectivity index (χ4v) is 5.17. The first kappa shape index (κ1) is 23.2. The minimum atomic E-state index is -0.00773. The number of aryl methyl sites for hydroxylation is 3. The molecule has 2 amide bonds. The lowest BCUT2D eigenvalue weighted by Crippen LogP contribution is -2.49. The van der Waals surface area contributed by atoms with Crippen molar-refractivity contribution >= 4 is 23.3 Å². The molecular formula is C27H34N6O2. The van der Waals surface area contributed by atoms with Crippen molar-refractivity contribution in [3.8, 4) is 11.4 Å². The summed E-state index contributed by atoms with van der Waals surface area (Å²) in [4.78, 5) is 32.1. The Bertz CT molecular complexity index is 1230. The van der Waals surface area contributed by atoms with Gasteiger partial charge in [-0.1, -0.05) is 12.1 Å². The molecule has 2 aliphatic heterocycles. The number of hydrogen-bond donors (Lipinski definition) is 0. The van der Waals surface area contributed by atoms with Crippen LogP contribution in [0.3, 0.4) is 0 Å². The topological polar surface area (TPSA) is 66.6 Å². The van der Waals surface area contributed by atoms with E-state index in [9.17, 15) is 9.59 Å². The summed E-state index contributed by atoms with van der Waals surface area (Å²) in [6.07, 6.45) is 3.32. The minimum absolute atomic E-state index is 0.00773. The normalized spacial score (nSPS) is 15.9. The van der Waals surface area contributed by atoms with Gasteiger partial charge in [-0.15, -0.1) is 0 Å². The molecule has 1 saturated heterocycles. The summed E-state index contributed by atoms with van der Waals surface area (Å²) < 4.78 is 3.94. The third-order valence-electron chi connectivity index (χ3n) is 7.40. The van der Waals surface area contributed by atoms with Gasteiger partial charge in [0.1, 0.15) is 11.5 Å². The second kappa shape index (κ2) is 9.60. The Kier molecular flexibility index (Phi) is 6.36. The van der Waals surface area contributed by atoms with Gasteiger partial charge >= 0.3 is 0 Å². The molecule has 5 rings (SSSR count). The monoisotopic (exact) mass is 474 g/mol. The quantitative estimate of drug-likeness (QED) is 0.569. The van der Waals surface area contributed by atoms with Crippen LogP contribution in [0.1, 0.15) is 30.4 Å². The fraction of sp³-hybridized carbons (Fsp3) is 0.444. The molecule has 8 nitrogen and oxygen atoms in total. The van der Waals surface area contributed by atoms with E-state index in [2.05, 4.69) is 36.9 Å². The van der Waals surface area contributed by atoms with E-state index in [4.69, 9.17) is 5.10 Å². The molecule has 184 valence electrons. The van der Waals surface area contributed by atoms with Gasteiger partial charge in [0.15, 0.2) is 0 Å². The number of piperazine rings is 1. The SMILES string of the molecule is Cc1cccc(N2CCN(C(=O)CCC(=O)N3CCCn4nc(-c5cccn5C)cc43)CC2)c1C. The van der Waals surface area contributed by atoms with Crippen molar-refractivity contribution in [3.63, 3.8) is 0 Å². The van der Waals surface area contributed by atoms with Gasteiger partial charge < -0.3 is 14.4 Å². The second-order valence-electron chi connectivity index (χ2n) is 9.60. The number of fused-ring (bicyclic) bond motifs is 1. The van der Waals surface area contributed by atoms with Crippen LogP contribution >= 0.6 is 0 Å². The van der Waals surface area contributed by atoms with Crippen molar-refractivity contribution in [1.29, 1.82) is 0 Å². The molecule has 3 aromatic rings. The van der Waals surface area contributed by atoms with Crippen molar-refractivity contribution in [2.24, 2.45) is 7.05 Å². The molecule has 0 unspecified atom stereocenters. The third kappa shape index (κ3) is 4.57. The van der Waals surface area contributed by atoms with Gasteiger partial charge in [-0.2, -0.15) is 5.10 Å². The highest BCUT2D eigenvalue weighted by Gasteiger charge is 2.27. The molecule has 0 N–H and O–H groups in total. The number of rotatable bonds is 5. The fourth-order valence-electron chi connectivity index (χ4n) is 5.17. The first-order valence-corrected chi connectivity index (χ1v) is 12.5. The molecule has 8 heteroatoms. The maximum absolute atomic E-state index is 13.1. The lowest BCUT2D eigenvalue weighted by molar-refractivity contribution is -0.133. The van der Waals surface area contributed by atoms with E-state index in [1.807, 2.05) is 45.6 Å². The van der Waals surface area contributed by atoms with Crippen molar-refractivity contribution < 1.29 is 9.59 Å². The predicted molar refractivity (Wildman–Crippen MR) is 138 cm³/mol. The van der Waals surface area contributed by atoms with E-state index in [0.717, 1.165) is 43.3 Å². The Balaban J connectivity index is 1.17. The van der Waals surface area contributed by atoms with E-state index < -0.39 is 0 Å². The van der Waals surface area contributed by atoms with Crippen molar-refractivity contribution in [1.82, 2.24) is 19.2 Å². The summed E-state index contributed by atoms with van der Waals surface area (Å²) in [7, 11) is 1.99. The number of anilines is 2. The van der Waals surface area contributed by atoms with Crippen LogP contribution in [-0.2, 0) is 23.2 Å². The molecule has 0 aliphatic carbocycles. The molecule has 2 aliphatic rings. The molecule has 0 spiro atoms. The lowest BCUT2D eigenvalue weighted by atomic mass is 10.1. The second-order valence-corrected chi connectivity index (χ2v) is 9.60. The van der Waals surface area contributed by atoms with Crippen LogP contribution in [0.15, 0.2) is 42.6 Å².